The first-order chi connectivity index (χ1) is 10.4. The topological polar surface area (TPSA) is 158 Å². The third-order valence-corrected chi connectivity index (χ3v) is 4.65. The summed E-state index contributed by atoms with van der Waals surface area (Å²) in [6, 6.07) is 3.72. The van der Waals surface area contributed by atoms with E-state index in [0.717, 1.165) is 12.1 Å². The number of amides is 1. The summed E-state index contributed by atoms with van der Waals surface area (Å²) >= 11 is 0. The third-order valence-electron chi connectivity index (χ3n) is 2.93. The summed E-state index contributed by atoms with van der Waals surface area (Å²) in [4.78, 5) is 9.41. The van der Waals surface area contributed by atoms with Gasteiger partial charge in [0.15, 0.2) is 0 Å². The first-order valence-electron chi connectivity index (χ1n) is 5.93. The Morgan fingerprint density at radius 3 is 2.09 bits per heavy atom. The van der Waals surface area contributed by atoms with Crippen LogP contribution >= 0.6 is 0 Å². The van der Waals surface area contributed by atoms with Gasteiger partial charge in [0, 0.05) is 17.7 Å². The largest absolute Gasteiger partial charge is 0.505 e. The maximum absolute atomic E-state index is 11.4. The number of rotatable bonds is 3. The van der Waals surface area contributed by atoms with Crippen LogP contribution in [0.2, 0.25) is 0 Å². The molecule has 2 aromatic carbocycles. The van der Waals surface area contributed by atoms with E-state index in [1.54, 1.807) is 0 Å². The van der Waals surface area contributed by atoms with Crippen molar-refractivity contribution >= 4 is 42.6 Å². The van der Waals surface area contributed by atoms with Crippen LogP contribution in [0.15, 0.2) is 34.1 Å². The molecule has 0 aliphatic carbocycles. The predicted molar refractivity (Wildman–Crippen MR) is 79.5 cm³/mol. The van der Waals surface area contributed by atoms with Crippen molar-refractivity contribution in [3.8, 4) is 5.75 Å². The second-order valence-electron chi connectivity index (χ2n) is 4.61. The van der Waals surface area contributed by atoms with Crippen LogP contribution in [0.5, 0.6) is 5.75 Å². The Kier molecular flexibility index (Phi) is 4.07. The van der Waals surface area contributed by atoms with Crippen molar-refractivity contribution < 1.29 is 35.8 Å². The molecule has 0 saturated carbocycles. The maximum Gasteiger partial charge on any atom is 0.295 e. The number of nitrogens with one attached hydrogen (secondary N) is 1. The zero-order valence-electron chi connectivity index (χ0n) is 11.5. The minimum absolute atomic E-state index is 0.0984. The highest BCUT2D eigenvalue weighted by molar-refractivity contribution is 7.86. The number of carbonyl (C=O) groups excluding carboxylic acids is 1. The van der Waals surface area contributed by atoms with Gasteiger partial charge in [-0.25, -0.2) is 0 Å². The van der Waals surface area contributed by atoms with Gasteiger partial charge in [0.2, 0.25) is 5.91 Å². The van der Waals surface area contributed by atoms with E-state index in [-0.39, 0.29) is 16.5 Å². The van der Waals surface area contributed by atoms with Gasteiger partial charge in [0.25, 0.3) is 20.2 Å². The monoisotopic (exact) mass is 361 g/mol. The van der Waals surface area contributed by atoms with E-state index in [1.807, 2.05) is 0 Å². The smallest absolute Gasteiger partial charge is 0.295 e. The summed E-state index contributed by atoms with van der Waals surface area (Å²) < 4.78 is 63.7. The van der Waals surface area contributed by atoms with E-state index in [9.17, 15) is 31.3 Å². The Balaban J connectivity index is 2.97. The average Bonchev–Trinajstić information content (AvgIpc) is 2.38. The van der Waals surface area contributed by atoms with Gasteiger partial charge >= 0.3 is 0 Å². The summed E-state index contributed by atoms with van der Waals surface area (Å²) in [7, 11) is -9.64. The van der Waals surface area contributed by atoms with Crippen molar-refractivity contribution in [1.82, 2.24) is 0 Å². The number of aromatic hydroxyl groups is 1. The number of anilines is 1. The fourth-order valence-electron chi connectivity index (χ4n) is 2.01. The number of carbonyl (C=O) groups is 1. The molecule has 23 heavy (non-hydrogen) atoms. The average molecular weight is 361 g/mol. The van der Waals surface area contributed by atoms with Gasteiger partial charge in [-0.1, -0.05) is 6.07 Å². The Bertz CT molecular complexity index is 1020. The predicted octanol–water partition coefficient (Wildman–Crippen LogP) is 0.997. The van der Waals surface area contributed by atoms with Crippen LogP contribution < -0.4 is 5.32 Å². The van der Waals surface area contributed by atoms with Crippen LogP contribution in [0, 0.1) is 0 Å². The molecule has 0 bridgehead atoms. The molecule has 0 unspecified atom stereocenters. The second-order valence-corrected chi connectivity index (χ2v) is 7.42. The first-order valence-corrected chi connectivity index (χ1v) is 8.81. The van der Waals surface area contributed by atoms with Crippen molar-refractivity contribution in [2.24, 2.45) is 0 Å². The minimum atomic E-state index is -4.84. The summed E-state index contributed by atoms with van der Waals surface area (Å²) in [5, 5.41) is 11.9. The van der Waals surface area contributed by atoms with E-state index >= 15 is 0 Å². The first kappa shape index (κ1) is 17.1. The Morgan fingerprint density at radius 2 is 1.61 bits per heavy atom. The molecule has 0 aliphatic heterocycles. The maximum atomic E-state index is 11.4. The van der Waals surface area contributed by atoms with Crippen LogP contribution in [0.3, 0.4) is 0 Å². The minimum Gasteiger partial charge on any atom is -0.505 e. The number of fused-ring (bicyclic) bond motifs is 1. The van der Waals surface area contributed by atoms with Crippen LogP contribution in [-0.2, 0) is 25.0 Å². The number of phenols is 1. The summed E-state index contributed by atoms with van der Waals surface area (Å²) in [5.74, 6) is -1.14. The van der Waals surface area contributed by atoms with Crippen molar-refractivity contribution in [1.29, 1.82) is 0 Å². The lowest BCUT2D eigenvalue weighted by Gasteiger charge is -2.11. The summed E-state index contributed by atoms with van der Waals surface area (Å²) in [6.07, 6.45) is 0. The number of hydrogen-bond acceptors (Lipinski definition) is 6. The molecule has 0 radical (unpaired) electrons. The van der Waals surface area contributed by atoms with Gasteiger partial charge in [-0.05, 0) is 18.2 Å². The summed E-state index contributed by atoms with van der Waals surface area (Å²) in [6.45, 7) is 1.17. The third kappa shape index (κ3) is 3.42. The normalized spacial score (nSPS) is 12.3. The van der Waals surface area contributed by atoms with E-state index in [1.165, 1.54) is 13.0 Å². The van der Waals surface area contributed by atoms with Crippen molar-refractivity contribution in [2.45, 2.75) is 16.7 Å². The number of benzene rings is 2. The molecule has 2 aromatic rings. The van der Waals surface area contributed by atoms with E-state index in [4.69, 9.17) is 4.55 Å². The molecule has 0 saturated heterocycles. The van der Waals surface area contributed by atoms with E-state index in [2.05, 4.69) is 5.32 Å². The van der Waals surface area contributed by atoms with Crippen LogP contribution in [0.25, 0.3) is 10.8 Å². The molecule has 0 aromatic heterocycles. The summed E-state index contributed by atoms with van der Waals surface area (Å²) in [5.41, 5.74) is -0.0984. The molecular formula is C12H11NO8S2. The van der Waals surface area contributed by atoms with Gasteiger partial charge < -0.3 is 10.4 Å². The van der Waals surface area contributed by atoms with Crippen molar-refractivity contribution in [3.05, 3.63) is 24.3 Å². The SMILES string of the molecule is CC(=O)Nc1ccc2c(S(=O)(=O)O)cc(S(=O)(=O)O)cc2c1O. The molecule has 0 atom stereocenters. The van der Waals surface area contributed by atoms with Gasteiger partial charge in [-0.3, -0.25) is 13.9 Å². The Labute approximate surface area is 131 Å². The highest BCUT2D eigenvalue weighted by Crippen LogP contribution is 2.37. The lowest BCUT2D eigenvalue weighted by Crippen LogP contribution is -2.07. The standard InChI is InChI=1S/C12H11NO8S2/c1-6(14)13-10-3-2-8-9(12(10)15)4-7(22(16,17)18)5-11(8)23(19,20)21/h2-5,15H,1H3,(H,13,14)(H,16,17,18)(H,19,20,21). The number of phenolic OH excluding ortho intramolecular Hbond substituents is 1. The fraction of sp³-hybridized carbons (Fsp3) is 0.0833. The highest BCUT2D eigenvalue weighted by atomic mass is 32.2. The van der Waals surface area contributed by atoms with Gasteiger partial charge in [-0.15, -0.1) is 0 Å². The molecule has 1 amide bonds. The van der Waals surface area contributed by atoms with Crippen LogP contribution in [0.1, 0.15) is 6.92 Å². The molecule has 4 N–H and O–H groups in total. The lowest BCUT2D eigenvalue weighted by molar-refractivity contribution is -0.114. The lowest BCUT2D eigenvalue weighted by atomic mass is 10.1. The Hall–Kier alpha value is -2.21. The van der Waals surface area contributed by atoms with Gasteiger partial charge in [-0.2, -0.15) is 16.8 Å². The number of hydrogen-bond donors (Lipinski definition) is 4. The molecule has 2 rings (SSSR count). The van der Waals surface area contributed by atoms with Gasteiger partial charge in [0.1, 0.15) is 10.6 Å². The molecule has 0 spiro atoms. The molecule has 0 heterocycles. The zero-order chi connectivity index (χ0) is 17.6. The van der Waals surface area contributed by atoms with Crippen molar-refractivity contribution in [3.63, 3.8) is 0 Å². The van der Waals surface area contributed by atoms with Crippen LogP contribution in [0.4, 0.5) is 5.69 Å². The molecule has 9 nitrogen and oxygen atoms in total. The molecule has 0 aliphatic rings. The second kappa shape index (κ2) is 5.45. The fourth-order valence-corrected chi connectivity index (χ4v) is 3.35. The highest BCUT2D eigenvalue weighted by Gasteiger charge is 2.22. The molecule has 0 fully saturated rings. The zero-order valence-corrected chi connectivity index (χ0v) is 13.1. The Morgan fingerprint density at radius 1 is 1.00 bits per heavy atom. The molecular weight excluding hydrogens is 350 g/mol. The quantitative estimate of drug-likeness (QED) is 0.465. The van der Waals surface area contributed by atoms with E-state index < -0.39 is 41.7 Å². The van der Waals surface area contributed by atoms with Crippen molar-refractivity contribution in [2.75, 3.05) is 5.32 Å². The molecule has 124 valence electrons. The molecule has 11 heteroatoms. The van der Waals surface area contributed by atoms with E-state index in [0.29, 0.717) is 6.07 Å². The van der Waals surface area contributed by atoms with Gasteiger partial charge in [0.05, 0.1) is 10.6 Å². The van der Waals surface area contributed by atoms with Crippen LogP contribution in [-0.4, -0.2) is 37.0 Å².